The van der Waals surface area contributed by atoms with Crippen LogP contribution in [0.1, 0.15) is 15.2 Å². The molecular formula is C18H12ClN3O2S. The summed E-state index contributed by atoms with van der Waals surface area (Å²) in [5, 5.41) is 5.71. The molecule has 7 heteroatoms. The number of hydrogen-bond acceptors (Lipinski definition) is 4. The second-order valence-electron chi connectivity index (χ2n) is 5.46. The van der Waals surface area contributed by atoms with Crippen LogP contribution in [-0.2, 0) is 6.54 Å². The first kappa shape index (κ1) is 15.8. The summed E-state index contributed by atoms with van der Waals surface area (Å²) in [5.41, 5.74) is 0.933. The van der Waals surface area contributed by atoms with Crippen LogP contribution >= 0.6 is 22.9 Å². The second-order valence-corrected chi connectivity index (χ2v) is 6.92. The van der Waals surface area contributed by atoms with E-state index in [0.717, 1.165) is 4.88 Å². The van der Waals surface area contributed by atoms with Gasteiger partial charge in [-0.1, -0.05) is 17.7 Å². The van der Waals surface area contributed by atoms with Gasteiger partial charge in [0.25, 0.3) is 11.5 Å². The van der Waals surface area contributed by atoms with Gasteiger partial charge in [0.05, 0.1) is 23.0 Å². The standard InChI is InChI=1S/C18H12ClN3O2S/c19-11-5-6-15-14(9-11)18(24)22-7-1-4-13(16(22)21-15)17(23)20-10-12-3-2-8-25-12/h1-9H,10H2,(H,20,23). The number of benzene rings is 1. The van der Waals surface area contributed by atoms with Gasteiger partial charge in [-0.05, 0) is 41.8 Å². The third-order valence-electron chi connectivity index (χ3n) is 3.85. The monoisotopic (exact) mass is 369 g/mol. The van der Waals surface area contributed by atoms with Gasteiger partial charge in [-0.25, -0.2) is 4.98 Å². The molecule has 1 N–H and O–H groups in total. The summed E-state index contributed by atoms with van der Waals surface area (Å²) in [6.07, 6.45) is 1.60. The van der Waals surface area contributed by atoms with Crippen LogP contribution in [0.5, 0.6) is 0 Å². The summed E-state index contributed by atoms with van der Waals surface area (Å²) >= 11 is 7.55. The largest absolute Gasteiger partial charge is 0.347 e. The number of pyridine rings is 1. The molecule has 0 aliphatic heterocycles. The summed E-state index contributed by atoms with van der Waals surface area (Å²) in [6.45, 7) is 0.435. The lowest BCUT2D eigenvalue weighted by Gasteiger charge is -2.09. The minimum atomic E-state index is -0.272. The number of rotatable bonds is 3. The van der Waals surface area contributed by atoms with Gasteiger partial charge in [0, 0.05) is 16.1 Å². The SMILES string of the molecule is O=C(NCc1cccs1)c1cccn2c(=O)c3cc(Cl)ccc3nc12. The Labute approximate surface area is 151 Å². The van der Waals surface area contributed by atoms with Crippen LogP contribution in [0.15, 0.2) is 58.8 Å². The fraction of sp³-hybridized carbons (Fsp3) is 0.0556. The van der Waals surface area contributed by atoms with Crippen molar-refractivity contribution in [3.63, 3.8) is 0 Å². The van der Waals surface area contributed by atoms with Crippen LogP contribution in [-0.4, -0.2) is 15.3 Å². The number of nitrogens with zero attached hydrogens (tertiary/aromatic N) is 2. The molecule has 0 aliphatic carbocycles. The minimum absolute atomic E-state index is 0.254. The molecule has 3 aromatic heterocycles. The highest BCUT2D eigenvalue weighted by atomic mass is 35.5. The maximum absolute atomic E-state index is 12.7. The molecule has 3 heterocycles. The molecule has 0 spiro atoms. The maximum Gasteiger partial charge on any atom is 0.265 e. The van der Waals surface area contributed by atoms with Crippen molar-refractivity contribution in [1.82, 2.24) is 14.7 Å². The number of fused-ring (bicyclic) bond motifs is 2. The van der Waals surface area contributed by atoms with Crippen LogP contribution < -0.4 is 10.9 Å². The van der Waals surface area contributed by atoms with E-state index in [2.05, 4.69) is 10.3 Å². The van der Waals surface area contributed by atoms with E-state index >= 15 is 0 Å². The number of hydrogen-bond donors (Lipinski definition) is 1. The van der Waals surface area contributed by atoms with Crippen LogP contribution in [0.25, 0.3) is 16.6 Å². The molecule has 0 fully saturated rings. The Balaban J connectivity index is 1.81. The number of thiophene rings is 1. The number of aromatic nitrogens is 2. The first-order valence-corrected chi connectivity index (χ1v) is 8.80. The van der Waals surface area contributed by atoms with E-state index in [0.29, 0.717) is 33.7 Å². The average Bonchev–Trinajstić information content (AvgIpc) is 3.14. The van der Waals surface area contributed by atoms with Gasteiger partial charge in [-0.3, -0.25) is 14.0 Å². The maximum atomic E-state index is 12.7. The van der Waals surface area contributed by atoms with E-state index in [1.54, 1.807) is 47.9 Å². The van der Waals surface area contributed by atoms with Crippen molar-refractivity contribution >= 4 is 45.4 Å². The molecule has 0 aliphatic rings. The van der Waals surface area contributed by atoms with Crippen LogP contribution in [0.3, 0.4) is 0 Å². The van der Waals surface area contributed by atoms with Gasteiger partial charge in [0.2, 0.25) is 0 Å². The number of amides is 1. The fourth-order valence-corrected chi connectivity index (χ4v) is 3.47. The molecule has 5 nitrogen and oxygen atoms in total. The molecule has 0 atom stereocenters. The molecule has 0 saturated carbocycles. The Bertz CT molecular complexity index is 1150. The van der Waals surface area contributed by atoms with Gasteiger partial charge in [-0.15, -0.1) is 11.3 Å². The van der Waals surface area contributed by atoms with Crippen molar-refractivity contribution < 1.29 is 4.79 Å². The molecular weight excluding hydrogens is 358 g/mol. The van der Waals surface area contributed by atoms with E-state index in [1.807, 2.05) is 17.5 Å². The summed E-state index contributed by atoms with van der Waals surface area (Å²) in [4.78, 5) is 30.8. The Morgan fingerprint density at radius 1 is 1.24 bits per heavy atom. The number of carbonyl (C=O) groups is 1. The van der Waals surface area contributed by atoms with Gasteiger partial charge in [0.1, 0.15) is 0 Å². The van der Waals surface area contributed by atoms with Gasteiger partial charge < -0.3 is 5.32 Å². The molecule has 4 rings (SSSR count). The highest BCUT2D eigenvalue weighted by Gasteiger charge is 2.14. The number of carbonyl (C=O) groups excluding carboxylic acids is 1. The van der Waals surface area contributed by atoms with Crippen molar-refractivity contribution in [2.45, 2.75) is 6.54 Å². The lowest BCUT2D eigenvalue weighted by atomic mass is 10.2. The van der Waals surface area contributed by atoms with Crippen LogP contribution in [0, 0.1) is 0 Å². The topological polar surface area (TPSA) is 63.5 Å². The molecule has 4 aromatic rings. The zero-order valence-electron chi connectivity index (χ0n) is 12.9. The molecule has 0 bridgehead atoms. The Morgan fingerprint density at radius 3 is 2.92 bits per heavy atom. The molecule has 124 valence electrons. The van der Waals surface area contributed by atoms with Gasteiger partial charge in [0.15, 0.2) is 5.65 Å². The average molecular weight is 370 g/mol. The number of nitrogens with one attached hydrogen (secondary N) is 1. The first-order valence-electron chi connectivity index (χ1n) is 7.55. The molecule has 25 heavy (non-hydrogen) atoms. The fourth-order valence-electron chi connectivity index (χ4n) is 2.65. The number of halogens is 1. The van der Waals surface area contributed by atoms with E-state index < -0.39 is 0 Å². The Kier molecular flexibility index (Phi) is 3.99. The highest BCUT2D eigenvalue weighted by molar-refractivity contribution is 7.09. The summed E-state index contributed by atoms with van der Waals surface area (Å²) in [5.74, 6) is -0.272. The Morgan fingerprint density at radius 2 is 2.12 bits per heavy atom. The quantitative estimate of drug-likeness (QED) is 0.562. The van der Waals surface area contributed by atoms with Crippen LogP contribution in [0.2, 0.25) is 5.02 Å². The van der Waals surface area contributed by atoms with Gasteiger partial charge >= 0.3 is 0 Å². The summed E-state index contributed by atoms with van der Waals surface area (Å²) < 4.78 is 1.37. The summed E-state index contributed by atoms with van der Waals surface area (Å²) in [6, 6.07) is 12.1. The highest BCUT2D eigenvalue weighted by Crippen LogP contribution is 2.17. The third-order valence-corrected chi connectivity index (χ3v) is 4.96. The molecule has 1 amide bonds. The van der Waals surface area contributed by atoms with Crippen molar-refractivity contribution in [3.8, 4) is 0 Å². The summed E-state index contributed by atoms with van der Waals surface area (Å²) in [7, 11) is 0. The molecule has 0 radical (unpaired) electrons. The minimum Gasteiger partial charge on any atom is -0.347 e. The predicted octanol–water partition coefficient (Wildman–Crippen LogP) is 3.49. The van der Waals surface area contributed by atoms with Crippen molar-refractivity contribution in [2.24, 2.45) is 0 Å². The van der Waals surface area contributed by atoms with Crippen LogP contribution in [0.4, 0.5) is 0 Å². The second kappa shape index (κ2) is 6.31. The van der Waals surface area contributed by atoms with E-state index in [-0.39, 0.29) is 11.5 Å². The third kappa shape index (κ3) is 2.90. The molecule has 0 saturated heterocycles. The van der Waals surface area contributed by atoms with E-state index in [1.165, 1.54) is 4.40 Å². The predicted molar refractivity (Wildman–Crippen MR) is 99.5 cm³/mol. The normalized spacial score (nSPS) is 11.1. The first-order chi connectivity index (χ1) is 12.1. The van der Waals surface area contributed by atoms with E-state index in [4.69, 9.17) is 11.6 Å². The lowest BCUT2D eigenvalue weighted by molar-refractivity contribution is 0.0952. The van der Waals surface area contributed by atoms with E-state index in [9.17, 15) is 9.59 Å². The Hall–Kier alpha value is -2.70. The van der Waals surface area contributed by atoms with Crippen molar-refractivity contribution in [2.75, 3.05) is 0 Å². The van der Waals surface area contributed by atoms with Crippen molar-refractivity contribution in [3.05, 3.63) is 79.9 Å². The van der Waals surface area contributed by atoms with Crippen molar-refractivity contribution in [1.29, 1.82) is 0 Å². The van der Waals surface area contributed by atoms with Gasteiger partial charge in [-0.2, -0.15) is 0 Å². The molecule has 0 unspecified atom stereocenters. The zero-order chi connectivity index (χ0) is 17.4. The lowest BCUT2D eigenvalue weighted by Crippen LogP contribution is -2.25. The smallest absolute Gasteiger partial charge is 0.265 e. The zero-order valence-corrected chi connectivity index (χ0v) is 14.5. The molecule has 1 aromatic carbocycles.